The summed E-state index contributed by atoms with van der Waals surface area (Å²) in [5.41, 5.74) is 3.99. The Labute approximate surface area is 138 Å². The van der Waals surface area contributed by atoms with E-state index in [2.05, 4.69) is 27.3 Å². The van der Waals surface area contributed by atoms with Crippen LogP contribution in [0, 0.1) is 5.92 Å². The number of nitrogens with one attached hydrogen (secondary N) is 1. The van der Waals surface area contributed by atoms with Crippen molar-refractivity contribution in [2.75, 3.05) is 6.79 Å². The van der Waals surface area contributed by atoms with Crippen LogP contribution in [0.2, 0.25) is 0 Å². The van der Waals surface area contributed by atoms with Gasteiger partial charge in [-0.1, -0.05) is 12.1 Å². The highest BCUT2D eigenvalue weighted by Crippen LogP contribution is 2.36. The number of benzene rings is 1. The van der Waals surface area contributed by atoms with Gasteiger partial charge < -0.3 is 14.0 Å². The Hall–Kier alpha value is -2.83. The molecule has 2 aromatic heterocycles. The quantitative estimate of drug-likeness (QED) is 0.780. The zero-order chi connectivity index (χ0) is 16.1. The molecular weight excluding hydrogens is 308 g/mol. The van der Waals surface area contributed by atoms with Crippen LogP contribution in [0.5, 0.6) is 11.5 Å². The summed E-state index contributed by atoms with van der Waals surface area (Å²) in [6.07, 6.45) is 3.19. The predicted octanol–water partition coefficient (Wildman–Crippen LogP) is 2.98. The minimum Gasteiger partial charge on any atom is -0.454 e. The molecule has 7 nitrogen and oxygen atoms in total. The first kappa shape index (κ1) is 13.6. The molecule has 0 spiro atoms. The van der Waals surface area contributed by atoms with Crippen molar-refractivity contribution >= 4 is 0 Å². The molecule has 1 unspecified atom stereocenters. The number of aromatic nitrogens is 4. The van der Waals surface area contributed by atoms with E-state index >= 15 is 0 Å². The highest BCUT2D eigenvalue weighted by atomic mass is 16.7. The monoisotopic (exact) mass is 324 g/mol. The molecule has 122 valence electrons. The molecule has 0 radical (unpaired) electrons. The molecule has 24 heavy (non-hydrogen) atoms. The zero-order valence-corrected chi connectivity index (χ0v) is 13.2. The number of hydrogen-bond donors (Lipinski definition) is 1. The normalized spacial score (nSPS) is 18.6. The number of aryl methyl sites for hydroxylation is 1. The topological polar surface area (TPSA) is 86.1 Å². The van der Waals surface area contributed by atoms with Gasteiger partial charge >= 0.3 is 0 Å². The van der Waals surface area contributed by atoms with Crippen LogP contribution in [0.1, 0.15) is 24.6 Å². The Kier molecular flexibility index (Phi) is 2.88. The highest BCUT2D eigenvalue weighted by molar-refractivity contribution is 5.64. The number of hydrogen-bond acceptors (Lipinski definition) is 6. The molecule has 1 aliphatic carbocycles. The van der Waals surface area contributed by atoms with Crippen molar-refractivity contribution < 1.29 is 14.0 Å². The van der Waals surface area contributed by atoms with Gasteiger partial charge in [0.15, 0.2) is 17.2 Å². The summed E-state index contributed by atoms with van der Waals surface area (Å²) in [5, 5.41) is 11.6. The van der Waals surface area contributed by atoms with Gasteiger partial charge in [0.1, 0.15) is 0 Å². The number of rotatable bonds is 2. The third kappa shape index (κ3) is 2.08. The van der Waals surface area contributed by atoms with Crippen molar-refractivity contribution in [3.8, 4) is 34.5 Å². The fourth-order valence-corrected chi connectivity index (χ4v) is 3.32. The van der Waals surface area contributed by atoms with Gasteiger partial charge in [0, 0.05) is 16.8 Å². The van der Waals surface area contributed by atoms with E-state index in [1.54, 1.807) is 0 Å². The molecule has 1 aliphatic heterocycles. The summed E-state index contributed by atoms with van der Waals surface area (Å²) in [6.45, 7) is 2.50. The SMILES string of the molecule is CC1CCc2[nH]nc(-c3nc(-c4ccc5c(c4)OCO5)no3)c2C1. The number of H-pyrrole nitrogens is 1. The summed E-state index contributed by atoms with van der Waals surface area (Å²) in [6, 6.07) is 5.61. The van der Waals surface area contributed by atoms with Crippen molar-refractivity contribution in [1.29, 1.82) is 0 Å². The van der Waals surface area contributed by atoms with Gasteiger partial charge in [0.25, 0.3) is 5.89 Å². The maximum absolute atomic E-state index is 5.47. The lowest BCUT2D eigenvalue weighted by Gasteiger charge is -2.17. The molecule has 3 aromatic rings. The third-order valence-electron chi connectivity index (χ3n) is 4.65. The molecular formula is C17H16N4O3. The van der Waals surface area contributed by atoms with Gasteiger partial charge in [-0.15, -0.1) is 0 Å². The Balaban J connectivity index is 1.51. The van der Waals surface area contributed by atoms with Crippen LogP contribution in [0.4, 0.5) is 0 Å². The van der Waals surface area contributed by atoms with Crippen LogP contribution in [0.15, 0.2) is 22.7 Å². The summed E-state index contributed by atoms with van der Waals surface area (Å²) in [5.74, 6) is 3.05. The van der Waals surface area contributed by atoms with Crippen molar-refractivity contribution in [3.05, 3.63) is 29.5 Å². The number of aromatic amines is 1. The molecule has 0 bridgehead atoms. The van der Waals surface area contributed by atoms with E-state index in [9.17, 15) is 0 Å². The molecule has 5 rings (SSSR count). The lowest BCUT2D eigenvalue weighted by molar-refractivity contribution is 0.174. The van der Waals surface area contributed by atoms with Crippen LogP contribution in [-0.2, 0) is 12.8 Å². The van der Waals surface area contributed by atoms with Gasteiger partial charge in [-0.2, -0.15) is 10.1 Å². The van der Waals surface area contributed by atoms with Crippen molar-refractivity contribution in [3.63, 3.8) is 0 Å². The summed E-state index contributed by atoms with van der Waals surface area (Å²) < 4.78 is 16.2. The van der Waals surface area contributed by atoms with E-state index in [-0.39, 0.29) is 6.79 Å². The number of fused-ring (bicyclic) bond motifs is 2. The second-order valence-electron chi connectivity index (χ2n) is 6.37. The second-order valence-corrected chi connectivity index (χ2v) is 6.37. The van der Waals surface area contributed by atoms with E-state index in [0.717, 1.165) is 29.8 Å². The summed E-state index contributed by atoms with van der Waals surface area (Å²) >= 11 is 0. The molecule has 0 fully saturated rings. The Morgan fingerprint density at radius 2 is 2.12 bits per heavy atom. The van der Waals surface area contributed by atoms with Crippen molar-refractivity contribution in [2.24, 2.45) is 5.92 Å². The minimum absolute atomic E-state index is 0.244. The molecule has 1 atom stereocenters. The van der Waals surface area contributed by atoms with Crippen LogP contribution in [0.3, 0.4) is 0 Å². The predicted molar refractivity (Wildman–Crippen MR) is 84.6 cm³/mol. The van der Waals surface area contributed by atoms with Crippen LogP contribution >= 0.6 is 0 Å². The first-order valence-corrected chi connectivity index (χ1v) is 8.08. The Bertz CT molecular complexity index is 914. The van der Waals surface area contributed by atoms with Crippen LogP contribution in [0.25, 0.3) is 23.0 Å². The largest absolute Gasteiger partial charge is 0.454 e. The maximum Gasteiger partial charge on any atom is 0.279 e. The molecule has 1 N–H and O–H groups in total. The average molecular weight is 324 g/mol. The molecule has 7 heteroatoms. The van der Waals surface area contributed by atoms with Crippen LogP contribution < -0.4 is 9.47 Å². The van der Waals surface area contributed by atoms with Gasteiger partial charge in [-0.05, 0) is 43.4 Å². The van der Waals surface area contributed by atoms with Crippen molar-refractivity contribution in [1.82, 2.24) is 20.3 Å². The van der Waals surface area contributed by atoms with Gasteiger partial charge in [0.2, 0.25) is 12.6 Å². The first-order chi connectivity index (χ1) is 11.8. The third-order valence-corrected chi connectivity index (χ3v) is 4.65. The lowest BCUT2D eigenvalue weighted by atomic mass is 9.88. The summed E-state index contributed by atoms with van der Waals surface area (Å²) in [4.78, 5) is 4.52. The molecule has 2 aliphatic rings. The van der Waals surface area contributed by atoms with Gasteiger partial charge in [0.05, 0.1) is 0 Å². The number of nitrogens with zero attached hydrogens (tertiary/aromatic N) is 3. The molecule has 0 amide bonds. The second kappa shape index (κ2) is 5.09. The van der Waals surface area contributed by atoms with Crippen LogP contribution in [-0.4, -0.2) is 27.1 Å². The smallest absolute Gasteiger partial charge is 0.279 e. The van der Waals surface area contributed by atoms with Crippen molar-refractivity contribution in [2.45, 2.75) is 26.2 Å². The van der Waals surface area contributed by atoms with E-state index in [0.29, 0.717) is 23.4 Å². The standard InChI is InChI=1S/C17H16N4O3/c1-9-2-4-12-11(6-9)15(20-19-12)17-18-16(21-24-17)10-3-5-13-14(7-10)23-8-22-13/h3,5,7,9H,2,4,6,8H2,1H3,(H,19,20). The van der Waals surface area contributed by atoms with E-state index in [4.69, 9.17) is 14.0 Å². The Morgan fingerprint density at radius 3 is 3.08 bits per heavy atom. The maximum atomic E-state index is 5.47. The number of ether oxygens (including phenoxy) is 2. The molecule has 1 aromatic carbocycles. The summed E-state index contributed by atoms with van der Waals surface area (Å²) in [7, 11) is 0. The zero-order valence-electron chi connectivity index (χ0n) is 13.2. The molecule has 3 heterocycles. The van der Waals surface area contributed by atoms with E-state index in [1.807, 2.05) is 18.2 Å². The molecule has 0 saturated carbocycles. The van der Waals surface area contributed by atoms with E-state index < -0.39 is 0 Å². The first-order valence-electron chi connectivity index (χ1n) is 8.08. The fourth-order valence-electron chi connectivity index (χ4n) is 3.32. The van der Waals surface area contributed by atoms with E-state index in [1.165, 1.54) is 17.7 Å². The highest BCUT2D eigenvalue weighted by Gasteiger charge is 2.25. The Morgan fingerprint density at radius 1 is 1.21 bits per heavy atom. The van der Waals surface area contributed by atoms with Gasteiger partial charge in [-0.25, -0.2) is 0 Å². The average Bonchev–Trinajstić information content (AvgIpc) is 3.32. The lowest BCUT2D eigenvalue weighted by Crippen LogP contribution is -2.10. The minimum atomic E-state index is 0.244. The molecule has 0 saturated heterocycles. The fraction of sp³-hybridized carbons (Fsp3) is 0.353. The van der Waals surface area contributed by atoms with Gasteiger partial charge in [-0.3, -0.25) is 5.10 Å².